The quantitative estimate of drug-likeness (QED) is 0.837. The number of hydrogen-bond donors (Lipinski definition) is 2. The van der Waals surface area contributed by atoms with Gasteiger partial charge in [0.1, 0.15) is 0 Å². The van der Waals surface area contributed by atoms with Crippen LogP contribution in [0.15, 0.2) is 18.2 Å². The van der Waals surface area contributed by atoms with Crippen molar-refractivity contribution in [1.82, 2.24) is 5.32 Å². The molecule has 3 N–H and O–H groups in total. The summed E-state index contributed by atoms with van der Waals surface area (Å²) in [7, 11) is 3.48. The van der Waals surface area contributed by atoms with Crippen molar-refractivity contribution >= 4 is 17.3 Å². The fourth-order valence-corrected chi connectivity index (χ4v) is 1.83. The largest absolute Gasteiger partial charge is 0.399 e. The second-order valence-corrected chi connectivity index (χ2v) is 4.86. The fourth-order valence-electron chi connectivity index (χ4n) is 1.83. The summed E-state index contributed by atoms with van der Waals surface area (Å²) >= 11 is 0. The Morgan fingerprint density at radius 2 is 2.00 bits per heavy atom. The van der Waals surface area contributed by atoms with Crippen LogP contribution in [-0.2, 0) is 0 Å². The molecule has 0 saturated carbocycles. The molecule has 20 heavy (non-hydrogen) atoms. The SMILES string of the molecule is CC(CC(F)(F)F)NC(=O)c1cc(N)ccc1N(C)C. The molecule has 0 aliphatic rings. The molecular formula is C13H18F3N3O. The number of carbonyl (C=O) groups is 1. The molecule has 0 radical (unpaired) electrons. The van der Waals surface area contributed by atoms with E-state index in [4.69, 9.17) is 5.73 Å². The van der Waals surface area contributed by atoms with E-state index in [-0.39, 0.29) is 5.56 Å². The van der Waals surface area contributed by atoms with Gasteiger partial charge in [0.25, 0.3) is 5.91 Å². The third-order valence-electron chi connectivity index (χ3n) is 2.66. The van der Waals surface area contributed by atoms with Crippen molar-refractivity contribution in [2.75, 3.05) is 24.7 Å². The van der Waals surface area contributed by atoms with Gasteiger partial charge in [0.15, 0.2) is 0 Å². The number of alkyl halides is 3. The molecule has 4 nitrogen and oxygen atoms in total. The van der Waals surface area contributed by atoms with Gasteiger partial charge in [-0.1, -0.05) is 0 Å². The van der Waals surface area contributed by atoms with Crippen LogP contribution in [0, 0.1) is 0 Å². The van der Waals surface area contributed by atoms with Gasteiger partial charge in [-0.05, 0) is 25.1 Å². The highest BCUT2D eigenvalue weighted by atomic mass is 19.4. The Balaban J connectivity index is 2.89. The maximum absolute atomic E-state index is 12.3. The van der Waals surface area contributed by atoms with Crippen LogP contribution in [0.25, 0.3) is 0 Å². The minimum absolute atomic E-state index is 0.254. The number of carbonyl (C=O) groups excluding carboxylic acids is 1. The normalized spacial score (nSPS) is 12.9. The first kappa shape index (κ1) is 16.1. The molecule has 1 atom stereocenters. The molecule has 0 fully saturated rings. The van der Waals surface area contributed by atoms with Crippen molar-refractivity contribution in [3.63, 3.8) is 0 Å². The van der Waals surface area contributed by atoms with E-state index < -0.39 is 24.5 Å². The summed E-state index contributed by atoms with van der Waals surface area (Å²) in [5.74, 6) is -0.572. The minimum Gasteiger partial charge on any atom is -0.399 e. The molecule has 1 aromatic rings. The van der Waals surface area contributed by atoms with Gasteiger partial charge in [0, 0.05) is 31.5 Å². The van der Waals surface area contributed by atoms with Crippen LogP contribution >= 0.6 is 0 Å². The number of nitrogen functional groups attached to an aromatic ring is 1. The Morgan fingerprint density at radius 1 is 1.40 bits per heavy atom. The van der Waals surface area contributed by atoms with Gasteiger partial charge >= 0.3 is 6.18 Å². The number of nitrogens with two attached hydrogens (primary N) is 1. The lowest BCUT2D eigenvalue weighted by atomic mass is 10.1. The summed E-state index contributed by atoms with van der Waals surface area (Å²) in [6, 6.07) is 3.73. The number of hydrogen-bond acceptors (Lipinski definition) is 3. The standard InChI is InChI=1S/C13H18F3N3O/c1-8(7-13(14,15)16)18-12(20)10-6-9(17)4-5-11(10)19(2)3/h4-6,8H,7,17H2,1-3H3,(H,18,20). The molecular weight excluding hydrogens is 271 g/mol. The van der Waals surface area contributed by atoms with E-state index in [0.717, 1.165) is 0 Å². The third kappa shape index (κ3) is 4.64. The van der Waals surface area contributed by atoms with Gasteiger partial charge in [0.2, 0.25) is 0 Å². The smallest absolute Gasteiger partial charge is 0.391 e. The van der Waals surface area contributed by atoms with Crippen molar-refractivity contribution < 1.29 is 18.0 Å². The van der Waals surface area contributed by atoms with Crippen molar-refractivity contribution in [2.24, 2.45) is 0 Å². The zero-order chi connectivity index (χ0) is 15.5. The molecule has 112 valence electrons. The second kappa shape index (κ2) is 6.02. The number of halogens is 3. The van der Waals surface area contributed by atoms with E-state index >= 15 is 0 Å². The van der Waals surface area contributed by atoms with Gasteiger partial charge in [-0.2, -0.15) is 13.2 Å². The minimum atomic E-state index is -4.31. The highest BCUT2D eigenvalue weighted by Gasteiger charge is 2.31. The summed E-state index contributed by atoms with van der Waals surface area (Å²) in [5.41, 5.74) is 6.85. The van der Waals surface area contributed by atoms with Crippen LogP contribution in [-0.4, -0.2) is 32.2 Å². The van der Waals surface area contributed by atoms with Crippen molar-refractivity contribution in [3.05, 3.63) is 23.8 Å². The van der Waals surface area contributed by atoms with Crippen LogP contribution in [0.5, 0.6) is 0 Å². The number of anilines is 2. The summed E-state index contributed by atoms with van der Waals surface area (Å²) in [5, 5.41) is 2.33. The zero-order valence-electron chi connectivity index (χ0n) is 11.6. The molecule has 0 spiro atoms. The van der Waals surface area contributed by atoms with Crippen molar-refractivity contribution in [1.29, 1.82) is 0 Å². The Kier molecular flexibility index (Phi) is 4.86. The summed E-state index contributed by atoms with van der Waals surface area (Å²) in [4.78, 5) is 13.8. The van der Waals surface area contributed by atoms with E-state index in [0.29, 0.717) is 11.4 Å². The van der Waals surface area contributed by atoms with E-state index in [1.54, 1.807) is 31.1 Å². The van der Waals surface area contributed by atoms with Crippen LogP contribution < -0.4 is 16.0 Å². The van der Waals surface area contributed by atoms with Crippen LogP contribution in [0.3, 0.4) is 0 Å². The second-order valence-electron chi connectivity index (χ2n) is 4.86. The summed E-state index contributed by atoms with van der Waals surface area (Å²) < 4.78 is 36.8. The Hall–Kier alpha value is -1.92. The van der Waals surface area contributed by atoms with Crippen LogP contribution in [0.2, 0.25) is 0 Å². The number of benzene rings is 1. The van der Waals surface area contributed by atoms with Gasteiger partial charge in [-0.3, -0.25) is 4.79 Å². The predicted octanol–water partition coefficient (Wildman–Crippen LogP) is 2.41. The first-order chi connectivity index (χ1) is 9.10. The summed E-state index contributed by atoms with van der Waals surface area (Å²) in [6.45, 7) is 1.31. The Bertz CT molecular complexity index is 486. The number of nitrogens with one attached hydrogen (secondary N) is 1. The average molecular weight is 289 g/mol. The van der Waals surface area contributed by atoms with E-state index in [1.165, 1.54) is 13.0 Å². The zero-order valence-corrected chi connectivity index (χ0v) is 11.6. The third-order valence-corrected chi connectivity index (χ3v) is 2.66. The lowest BCUT2D eigenvalue weighted by molar-refractivity contribution is -0.138. The first-order valence-corrected chi connectivity index (χ1v) is 6.04. The number of amides is 1. The van der Waals surface area contributed by atoms with E-state index in [2.05, 4.69) is 5.32 Å². The fraction of sp³-hybridized carbons (Fsp3) is 0.462. The monoisotopic (exact) mass is 289 g/mol. The lowest BCUT2D eigenvalue weighted by Crippen LogP contribution is -2.36. The first-order valence-electron chi connectivity index (χ1n) is 6.04. The maximum atomic E-state index is 12.3. The molecule has 1 unspecified atom stereocenters. The predicted molar refractivity (Wildman–Crippen MR) is 72.8 cm³/mol. The van der Waals surface area contributed by atoms with Gasteiger partial charge < -0.3 is 16.0 Å². The molecule has 1 aromatic carbocycles. The Labute approximate surface area is 115 Å². The highest BCUT2D eigenvalue weighted by molar-refractivity contribution is 6.00. The molecule has 0 saturated heterocycles. The average Bonchev–Trinajstić information content (AvgIpc) is 2.25. The maximum Gasteiger partial charge on any atom is 0.391 e. The molecule has 1 rings (SSSR count). The molecule has 0 aromatic heterocycles. The van der Waals surface area contributed by atoms with Crippen LogP contribution in [0.4, 0.5) is 24.5 Å². The molecule has 0 aliphatic heterocycles. The Morgan fingerprint density at radius 3 is 2.50 bits per heavy atom. The molecule has 0 heterocycles. The van der Waals surface area contributed by atoms with E-state index in [1.807, 2.05) is 0 Å². The molecule has 0 aliphatic carbocycles. The highest BCUT2D eigenvalue weighted by Crippen LogP contribution is 2.24. The molecule has 0 bridgehead atoms. The van der Waals surface area contributed by atoms with Crippen molar-refractivity contribution in [2.45, 2.75) is 25.6 Å². The van der Waals surface area contributed by atoms with Crippen molar-refractivity contribution in [3.8, 4) is 0 Å². The molecule has 7 heteroatoms. The van der Waals surface area contributed by atoms with Gasteiger partial charge in [-0.25, -0.2) is 0 Å². The summed E-state index contributed by atoms with van der Waals surface area (Å²) in [6.07, 6.45) is -5.38. The topological polar surface area (TPSA) is 58.4 Å². The lowest BCUT2D eigenvalue weighted by Gasteiger charge is -2.20. The van der Waals surface area contributed by atoms with Gasteiger partial charge in [0.05, 0.1) is 12.0 Å². The van der Waals surface area contributed by atoms with E-state index in [9.17, 15) is 18.0 Å². The van der Waals surface area contributed by atoms with Gasteiger partial charge in [-0.15, -0.1) is 0 Å². The number of nitrogens with zero attached hydrogens (tertiary/aromatic N) is 1. The number of rotatable bonds is 4. The van der Waals surface area contributed by atoms with Crippen LogP contribution in [0.1, 0.15) is 23.7 Å². The molecule has 1 amide bonds.